The molecule has 0 saturated carbocycles. The van der Waals surface area contributed by atoms with Gasteiger partial charge in [0, 0.05) is 27.4 Å². The minimum atomic E-state index is -1.26. The van der Waals surface area contributed by atoms with Crippen molar-refractivity contribution in [1.82, 2.24) is 40.5 Å². The molecule has 264 valence electrons. The highest BCUT2D eigenvalue weighted by Gasteiger charge is 2.28. The lowest BCUT2D eigenvalue weighted by Gasteiger charge is -2.14. The molecule has 0 aliphatic carbocycles. The first-order valence-corrected chi connectivity index (χ1v) is 18.8. The van der Waals surface area contributed by atoms with Crippen molar-refractivity contribution in [1.29, 1.82) is 0 Å². The van der Waals surface area contributed by atoms with E-state index in [9.17, 15) is 29.4 Å². The van der Waals surface area contributed by atoms with Gasteiger partial charge >= 0.3 is 11.9 Å². The summed E-state index contributed by atoms with van der Waals surface area (Å²) in [7, 11) is 0. The maximum Gasteiger partial charge on any atom is 0.355 e. The second-order valence-corrected chi connectivity index (χ2v) is 14.9. The van der Waals surface area contributed by atoms with Gasteiger partial charge in [-0.1, -0.05) is 13.0 Å². The average Bonchev–Trinajstić information content (AvgIpc) is 3.95. The second kappa shape index (κ2) is 14.1. The molecule has 6 N–H and O–H groups in total. The third kappa shape index (κ3) is 6.95. The van der Waals surface area contributed by atoms with Gasteiger partial charge in [-0.05, 0) is 25.3 Å². The van der Waals surface area contributed by atoms with Crippen LogP contribution in [0.25, 0.3) is 44.2 Å². The molecule has 20 heteroatoms. The Balaban J connectivity index is 1.24. The van der Waals surface area contributed by atoms with Gasteiger partial charge in [0.2, 0.25) is 11.8 Å². The number of amides is 2. The van der Waals surface area contributed by atoms with E-state index in [1.54, 1.807) is 19.1 Å². The number of carboxylic acids is 2. The van der Waals surface area contributed by atoms with Crippen molar-refractivity contribution in [3.05, 3.63) is 78.8 Å². The zero-order chi connectivity index (χ0) is 36.7. The average molecular weight is 776 g/mol. The van der Waals surface area contributed by atoms with Crippen molar-refractivity contribution in [3.63, 3.8) is 0 Å². The number of hydrogen-bond acceptors (Lipinski definition) is 16. The van der Waals surface area contributed by atoms with Crippen LogP contribution in [0.2, 0.25) is 0 Å². The van der Waals surface area contributed by atoms with E-state index in [-0.39, 0.29) is 52.1 Å². The number of nitrogens with two attached hydrogens (primary N) is 1. The van der Waals surface area contributed by atoms with Crippen molar-refractivity contribution in [2.24, 2.45) is 11.7 Å². The van der Waals surface area contributed by atoms with E-state index >= 15 is 0 Å². The van der Waals surface area contributed by atoms with E-state index in [0.717, 1.165) is 27.7 Å². The smallest absolute Gasteiger partial charge is 0.355 e. The Labute approximate surface area is 309 Å². The number of pyridine rings is 1. The molecule has 1 aliphatic rings. The number of oxazole rings is 1. The number of nitrogens with zero attached hydrogens (tertiary/aromatic N) is 6. The molecule has 0 spiro atoms. The number of thiazole rings is 4. The van der Waals surface area contributed by atoms with Gasteiger partial charge in [-0.15, -0.1) is 45.3 Å². The highest BCUT2D eigenvalue weighted by atomic mass is 32.1. The summed E-state index contributed by atoms with van der Waals surface area (Å²) in [5.74, 6) is -3.40. The minimum Gasteiger partial charge on any atom is -0.476 e. The molecule has 16 nitrogen and oxygen atoms in total. The van der Waals surface area contributed by atoms with Crippen LogP contribution in [-0.2, 0) is 4.79 Å². The molecule has 7 rings (SSSR count). The first-order valence-electron chi connectivity index (χ1n) is 15.3. The quantitative estimate of drug-likeness (QED) is 0.104. The number of carbonyl (C=O) groups excluding carboxylic acids is 2. The SMILES string of the molecule is Cc1oc(-c2ccc(-c3nc(C(=O)O)cs3)nc2-c2csc(-c3csc(C4NC=CC4C)n3)n2)nc1C(=O)NC(CC(N)=O)c1nc(C(=O)O)cs1. The second-order valence-electron chi connectivity index (χ2n) is 11.4. The van der Waals surface area contributed by atoms with Crippen LogP contribution >= 0.6 is 45.3 Å². The fourth-order valence-corrected chi connectivity index (χ4v) is 8.65. The van der Waals surface area contributed by atoms with Crippen LogP contribution in [0.5, 0.6) is 0 Å². The summed E-state index contributed by atoms with van der Waals surface area (Å²) in [6.07, 6.45) is 3.68. The first kappa shape index (κ1) is 34.7. The highest BCUT2D eigenvalue weighted by Crippen LogP contribution is 2.38. The van der Waals surface area contributed by atoms with E-state index in [2.05, 4.69) is 38.6 Å². The van der Waals surface area contributed by atoms with Gasteiger partial charge in [-0.2, -0.15) is 0 Å². The van der Waals surface area contributed by atoms with Crippen LogP contribution in [0.1, 0.15) is 72.7 Å². The topological polar surface area (TPSA) is 249 Å². The fourth-order valence-electron chi connectivity index (χ4n) is 5.23. The maximum absolute atomic E-state index is 13.5. The zero-order valence-electron chi connectivity index (χ0n) is 26.9. The van der Waals surface area contributed by atoms with Crippen LogP contribution < -0.4 is 16.4 Å². The molecule has 0 fully saturated rings. The fraction of sp³-hybridized carbons (Fsp3) is 0.188. The summed E-state index contributed by atoms with van der Waals surface area (Å²) < 4.78 is 6.00. The van der Waals surface area contributed by atoms with Crippen LogP contribution in [-0.4, -0.2) is 63.9 Å². The predicted octanol–water partition coefficient (Wildman–Crippen LogP) is 5.41. The van der Waals surface area contributed by atoms with E-state index in [4.69, 9.17) is 25.1 Å². The monoisotopic (exact) mass is 775 g/mol. The molecule has 6 aromatic rings. The standard InChI is InChI=1S/C32H25N9O7S4/c1-12-5-6-34-22(12)30-38-18(9-52-30)29-37-17(8-49-29)24-14(3-4-15(35-24)27-39-19(10-50-27)31(44)45)26-41-23(13(2)48-26)25(43)36-16(7-21(33)42)28-40-20(11-51-28)32(46)47/h3-6,8-12,16,22,34H,7H2,1-2H3,(H2,33,42)(H,36,43)(H,44,45)(H,46,47). The minimum absolute atomic E-state index is 0.0372. The Hall–Kier alpha value is -5.70. The number of nitrogens with one attached hydrogen (secondary N) is 2. The molecule has 0 aromatic carbocycles. The third-order valence-corrected chi connectivity index (χ3v) is 11.4. The van der Waals surface area contributed by atoms with Gasteiger partial charge in [-0.3, -0.25) is 9.59 Å². The molecular weight excluding hydrogens is 751 g/mol. The number of rotatable bonds is 12. The maximum atomic E-state index is 13.5. The summed E-state index contributed by atoms with van der Waals surface area (Å²) in [5.41, 5.74) is 7.23. The molecule has 3 atom stereocenters. The van der Waals surface area contributed by atoms with Crippen molar-refractivity contribution in [2.75, 3.05) is 0 Å². The summed E-state index contributed by atoms with van der Waals surface area (Å²) in [5, 5.41) is 33.3. The van der Waals surface area contributed by atoms with Gasteiger partial charge in [-0.25, -0.2) is 39.5 Å². The molecule has 0 radical (unpaired) electrons. The summed E-state index contributed by atoms with van der Waals surface area (Å²) in [6, 6.07) is 2.37. The Kier molecular flexibility index (Phi) is 9.44. The number of carbonyl (C=O) groups is 4. The van der Waals surface area contributed by atoms with Crippen molar-refractivity contribution in [2.45, 2.75) is 32.4 Å². The molecular formula is C32H25N9O7S4. The number of hydrogen-bond donors (Lipinski definition) is 5. The van der Waals surface area contributed by atoms with Crippen molar-refractivity contribution < 1.29 is 33.8 Å². The van der Waals surface area contributed by atoms with Crippen LogP contribution in [0.3, 0.4) is 0 Å². The number of aromatic nitrogens is 6. The Morgan fingerprint density at radius 2 is 1.60 bits per heavy atom. The number of aromatic carboxylic acids is 2. The van der Waals surface area contributed by atoms with E-state index in [1.807, 2.05) is 17.0 Å². The highest BCUT2D eigenvalue weighted by molar-refractivity contribution is 7.14. The summed E-state index contributed by atoms with van der Waals surface area (Å²) >= 11 is 4.98. The van der Waals surface area contributed by atoms with Crippen LogP contribution in [0, 0.1) is 12.8 Å². The van der Waals surface area contributed by atoms with E-state index < -0.39 is 29.8 Å². The first-order chi connectivity index (χ1) is 24.9. The molecule has 1 aliphatic heterocycles. The Morgan fingerprint density at radius 1 is 0.885 bits per heavy atom. The molecule has 6 aromatic heterocycles. The molecule has 0 bridgehead atoms. The van der Waals surface area contributed by atoms with E-state index in [1.165, 1.54) is 33.4 Å². The molecule has 0 saturated heterocycles. The van der Waals surface area contributed by atoms with Gasteiger partial charge in [0.25, 0.3) is 5.91 Å². The normalized spacial score (nSPS) is 15.7. The van der Waals surface area contributed by atoms with Crippen molar-refractivity contribution in [3.8, 4) is 44.2 Å². The van der Waals surface area contributed by atoms with E-state index in [0.29, 0.717) is 38.4 Å². The lowest BCUT2D eigenvalue weighted by Crippen LogP contribution is -2.32. The van der Waals surface area contributed by atoms with Gasteiger partial charge in [0.1, 0.15) is 42.9 Å². The molecule has 3 unspecified atom stereocenters. The predicted molar refractivity (Wildman–Crippen MR) is 192 cm³/mol. The molecule has 7 heterocycles. The zero-order valence-corrected chi connectivity index (χ0v) is 30.2. The molecule has 52 heavy (non-hydrogen) atoms. The summed E-state index contributed by atoms with van der Waals surface area (Å²) in [4.78, 5) is 75.5. The largest absolute Gasteiger partial charge is 0.476 e. The van der Waals surface area contributed by atoms with Crippen molar-refractivity contribution >= 4 is 69.1 Å². The van der Waals surface area contributed by atoms with Gasteiger partial charge < -0.3 is 31.0 Å². The molecule has 2 amide bonds. The lowest BCUT2D eigenvalue weighted by molar-refractivity contribution is -0.118. The van der Waals surface area contributed by atoms with Crippen LogP contribution in [0.4, 0.5) is 0 Å². The number of primary amides is 1. The lowest BCUT2D eigenvalue weighted by atomic mass is 10.1. The Morgan fingerprint density at radius 3 is 2.29 bits per heavy atom. The summed E-state index contributed by atoms with van der Waals surface area (Å²) in [6.45, 7) is 3.66. The Bertz CT molecular complexity index is 2390. The number of aryl methyl sites for hydroxylation is 1. The van der Waals surface area contributed by atoms with Gasteiger partial charge in [0.05, 0.1) is 29.8 Å². The number of carboxylic acid groups (broad SMARTS) is 2. The third-order valence-electron chi connectivity index (χ3n) is 7.78. The van der Waals surface area contributed by atoms with Gasteiger partial charge in [0.15, 0.2) is 17.1 Å². The van der Waals surface area contributed by atoms with Crippen LogP contribution in [0.15, 0.2) is 50.3 Å².